The second-order valence-electron chi connectivity index (χ2n) is 30.3. The number of carbonyl (C=O) groups is 8. The Morgan fingerprint density at radius 1 is 0.402 bits per heavy atom. The minimum Gasteiger partial charge on any atom is -0.497 e. The Kier molecular flexibility index (Phi) is 44.0. The first-order chi connectivity index (χ1) is 59.5. The van der Waals surface area contributed by atoms with E-state index in [4.69, 9.17) is 23.8 Å². The van der Waals surface area contributed by atoms with E-state index < -0.39 is 92.4 Å². The highest BCUT2D eigenvalue weighted by molar-refractivity contribution is 7.89. The number of hydrogen-bond acceptors (Lipinski definition) is 25. The number of aldehydes is 2. The fourth-order valence-corrected chi connectivity index (χ4v) is 17.7. The second kappa shape index (κ2) is 51.4. The molecule has 704 valence electrons. The summed E-state index contributed by atoms with van der Waals surface area (Å²) in [6, 6.07) is 35.0. The molecular formula is C85H121F6N15O18S3. The van der Waals surface area contributed by atoms with Crippen molar-refractivity contribution in [3.8, 4) is 17.2 Å². The summed E-state index contributed by atoms with van der Waals surface area (Å²) in [5.74, 6) is -0.549. The highest BCUT2D eigenvalue weighted by Crippen LogP contribution is 2.32. The molecule has 6 aromatic rings. The molecule has 127 heavy (non-hydrogen) atoms. The van der Waals surface area contributed by atoms with Gasteiger partial charge in [0.2, 0.25) is 72.2 Å². The summed E-state index contributed by atoms with van der Waals surface area (Å²) >= 11 is 0. The molecule has 33 nitrogen and oxygen atoms in total. The van der Waals surface area contributed by atoms with Crippen LogP contribution < -0.4 is 50.2 Å². The molecule has 0 bridgehead atoms. The summed E-state index contributed by atoms with van der Waals surface area (Å²) < 4.78 is 163. The van der Waals surface area contributed by atoms with Gasteiger partial charge in [-0.1, -0.05) is 36.4 Å². The van der Waals surface area contributed by atoms with Crippen molar-refractivity contribution >= 4 is 95.7 Å². The first kappa shape index (κ1) is 109. The average molecular weight is 1850 g/mol. The number of aryl methyl sites for hydroxylation is 6. The van der Waals surface area contributed by atoms with Crippen LogP contribution in [0, 0.1) is 41.5 Å². The van der Waals surface area contributed by atoms with Crippen molar-refractivity contribution in [2.24, 2.45) is 0 Å². The maximum atomic E-state index is 13.1. The molecule has 0 spiro atoms. The van der Waals surface area contributed by atoms with Gasteiger partial charge in [-0.15, -0.1) is 0 Å². The highest BCUT2D eigenvalue weighted by Gasteiger charge is 2.32. The molecule has 4 N–H and O–H groups in total. The van der Waals surface area contributed by atoms with Gasteiger partial charge in [-0.3, -0.25) is 38.4 Å². The van der Waals surface area contributed by atoms with E-state index in [0.29, 0.717) is 63.7 Å². The third-order valence-corrected chi connectivity index (χ3v) is 26.5. The lowest BCUT2D eigenvalue weighted by Crippen LogP contribution is -2.44. The lowest BCUT2D eigenvalue weighted by Gasteiger charge is -2.34. The third kappa shape index (κ3) is 35.9. The maximum Gasteiger partial charge on any atom is 0.446 e. The number of likely N-dealkylation sites (N-methyl/N-ethyl adjacent to an activating group) is 8. The van der Waals surface area contributed by atoms with Gasteiger partial charge in [-0.2, -0.15) is 39.3 Å². The number of alkyl halides is 6. The molecule has 0 saturated carbocycles. The standard InChI is InChI=1S/2C27H39N5O5S.C14H20N2O6S.C13H21N3.2C2HF3O/c2*1-20-15-24(37-6)16-21(2)27(20)38(35,36)31(5)19-25(33)28-17-26(34)30(4)18-22-7-9-23(10-8-22)32-13-11-29(3)12-14-32;1-10-5-12(21-4)6-11(2)14(10)23(19,20)16(3)7-13(18)15-8-22-9-17;1-14-11-12-3-5-13(6-4-12)16-9-7-15(2)8-10-16;2*3-2(4,5)1-6/h2*7-10,15-16H,11-14,17-19H2,1-6H3,(H,28,33);5-6,9H,7-8H2,1-4H3,(H,15,18);3-6,14H,7-11H2,1-2H3;2*1H. The number of benzene rings is 6. The topological polar surface area (TPSA) is 360 Å². The molecule has 3 saturated heterocycles. The quantitative estimate of drug-likeness (QED) is 0.0174. The van der Waals surface area contributed by atoms with Gasteiger partial charge in [0.25, 0.3) is 6.47 Å². The zero-order valence-corrected chi connectivity index (χ0v) is 77.7. The second-order valence-corrected chi connectivity index (χ2v) is 36.3. The number of sulfonamides is 3. The molecule has 9 rings (SSSR count). The molecule has 3 aliphatic heterocycles. The summed E-state index contributed by atoms with van der Waals surface area (Å²) in [6.45, 7) is 22.8. The maximum absolute atomic E-state index is 13.1. The van der Waals surface area contributed by atoms with Crippen molar-refractivity contribution in [1.82, 2.24) is 58.7 Å². The molecule has 3 fully saturated rings. The lowest BCUT2D eigenvalue weighted by molar-refractivity contribution is -0.156. The summed E-state index contributed by atoms with van der Waals surface area (Å²) in [4.78, 5) is 107. The van der Waals surface area contributed by atoms with Crippen LogP contribution in [0.1, 0.15) is 50.1 Å². The van der Waals surface area contributed by atoms with E-state index in [1.165, 1.54) is 74.9 Å². The van der Waals surface area contributed by atoms with Crippen molar-refractivity contribution in [2.75, 3.05) is 217 Å². The van der Waals surface area contributed by atoms with Gasteiger partial charge in [-0.25, -0.2) is 25.3 Å². The Morgan fingerprint density at radius 3 is 0.858 bits per heavy atom. The number of halogens is 6. The van der Waals surface area contributed by atoms with Gasteiger partial charge >= 0.3 is 12.4 Å². The van der Waals surface area contributed by atoms with E-state index in [-0.39, 0.29) is 52.8 Å². The number of anilines is 3. The minimum absolute atomic E-state index is 0.137. The molecule has 6 aromatic carbocycles. The van der Waals surface area contributed by atoms with Gasteiger partial charge in [-0.05, 0) is 193 Å². The number of nitrogens with one attached hydrogen (secondary N) is 4. The average Bonchev–Trinajstić information content (AvgIpc) is 0.790. The minimum atomic E-state index is -4.64. The van der Waals surface area contributed by atoms with Gasteiger partial charge < -0.3 is 79.4 Å². The molecular weight excluding hydrogens is 1730 g/mol. The van der Waals surface area contributed by atoms with Crippen molar-refractivity contribution in [3.05, 3.63) is 159 Å². The van der Waals surface area contributed by atoms with Crippen LogP contribution >= 0.6 is 0 Å². The Labute approximate surface area is 741 Å². The molecule has 0 radical (unpaired) electrons. The Morgan fingerprint density at radius 2 is 0.638 bits per heavy atom. The summed E-state index contributed by atoms with van der Waals surface area (Å²) in [5, 5.41) is 10.5. The van der Waals surface area contributed by atoms with Crippen molar-refractivity contribution in [3.63, 3.8) is 0 Å². The number of rotatable bonds is 31. The number of nitrogens with zero attached hydrogens (tertiary/aromatic N) is 11. The molecule has 5 amide bonds. The van der Waals surface area contributed by atoms with Crippen LogP contribution in [0.4, 0.5) is 43.4 Å². The van der Waals surface area contributed by atoms with E-state index in [9.17, 15) is 80.4 Å². The lowest BCUT2D eigenvalue weighted by atomic mass is 10.1. The molecule has 42 heteroatoms. The normalized spacial score (nSPS) is 14.0. The fraction of sp³-hybridized carbons (Fsp3) is 0.482. The van der Waals surface area contributed by atoms with Gasteiger partial charge in [0.05, 0.1) is 68.7 Å². The molecule has 3 heterocycles. The molecule has 3 aliphatic rings. The number of ether oxygens (including phenoxy) is 4. The summed E-state index contributed by atoms with van der Waals surface area (Å²) in [7, 11) is 8.62. The van der Waals surface area contributed by atoms with Crippen molar-refractivity contribution in [2.45, 2.75) is 88.2 Å². The number of hydrogen-bond donors (Lipinski definition) is 4. The van der Waals surface area contributed by atoms with Gasteiger partial charge in [0, 0.05) is 150 Å². The van der Waals surface area contributed by atoms with Gasteiger partial charge in [0.15, 0.2) is 6.73 Å². The number of piperazine rings is 3. The van der Waals surface area contributed by atoms with E-state index >= 15 is 0 Å². The van der Waals surface area contributed by atoms with Crippen LogP contribution in [0.3, 0.4) is 0 Å². The monoisotopic (exact) mass is 1850 g/mol. The third-order valence-electron chi connectivity index (χ3n) is 20.2. The highest BCUT2D eigenvalue weighted by atomic mass is 32.2. The molecule has 0 unspecified atom stereocenters. The Balaban J connectivity index is 0.000000353. The predicted octanol–water partition coefficient (Wildman–Crippen LogP) is 5.75. The molecule has 0 aliphatic carbocycles. The van der Waals surface area contributed by atoms with E-state index in [2.05, 4.69) is 125 Å². The van der Waals surface area contributed by atoms with Crippen LogP contribution in [0.25, 0.3) is 0 Å². The van der Waals surface area contributed by atoms with Crippen LogP contribution in [-0.2, 0) is 92.8 Å². The number of methoxy groups -OCH3 is 3. The van der Waals surface area contributed by atoms with E-state index in [1.807, 2.05) is 31.3 Å². The first-order valence-electron chi connectivity index (χ1n) is 40.0. The van der Waals surface area contributed by atoms with Crippen molar-refractivity contribution < 1.29 is 109 Å². The van der Waals surface area contributed by atoms with Gasteiger partial charge in [0.1, 0.15) is 17.2 Å². The molecule has 0 atom stereocenters. The Hall–Kier alpha value is -10.6. The smallest absolute Gasteiger partial charge is 0.446 e. The molecule has 0 aromatic heterocycles. The Bertz CT molecular complexity index is 4660. The number of carbonyl (C=O) groups excluding carboxylic acids is 8. The summed E-state index contributed by atoms with van der Waals surface area (Å²) in [5.41, 5.74) is 10.2. The zero-order valence-electron chi connectivity index (χ0n) is 75.2. The largest absolute Gasteiger partial charge is 0.497 e. The van der Waals surface area contributed by atoms with Crippen LogP contribution in [0.2, 0.25) is 0 Å². The fourth-order valence-electron chi connectivity index (χ4n) is 13.1. The van der Waals surface area contributed by atoms with Crippen LogP contribution in [0.5, 0.6) is 17.2 Å². The summed E-state index contributed by atoms with van der Waals surface area (Å²) in [6.07, 6.45) is -11.4. The SMILES string of the molecule is CNCc1ccc(N2CCN(C)CC2)cc1.COc1cc(C)c(S(=O)(=O)N(C)CC(=O)NCC(=O)N(C)Cc2ccc(N3CCN(C)CC3)cc2)c(C)c1.COc1cc(C)c(S(=O)(=O)N(C)CC(=O)NCC(=O)N(C)Cc2ccc(N3CCN(C)CC3)cc2)c(C)c1.COc1cc(C)c(S(=O)(=O)N(C)CC(=O)NCOC=O)c(C)c1.O=CC(F)(F)F.O=CC(F)(F)F. The van der Waals surface area contributed by atoms with Crippen LogP contribution in [-0.4, -0.2) is 326 Å². The van der Waals surface area contributed by atoms with E-state index in [1.54, 1.807) is 92.0 Å². The first-order valence-corrected chi connectivity index (χ1v) is 44.3. The number of amides is 5. The van der Waals surface area contributed by atoms with Crippen molar-refractivity contribution in [1.29, 1.82) is 0 Å². The van der Waals surface area contributed by atoms with Crippen LogP contribution in [0.15, 0.2) is 124 Å². The zero-order chi connectivity index (χ0) is 95.5. The predicted molar refractivity (Wildman–Crippen MR) is 471 cm³/mol. The van der Waals surface area contributed by atoms with E-state index in [0.717, 1.165) is 109 Å².